The number of benzene rings is 3. The van der Waals surface area contributed by atoms with Crippen LogP contribution in [0.25, 0.3) is 17.1 Å². The van der Waals surface area contributed by atoms with Crippen LogP contribution in [0.3, 0.4) is 0 Å². The van der Waals surface area contributed by atoms with Crippen molar-refractivity contribution in [1.82, 2.24) is 20.2 Å². The van der Waals surface area contributed by atoms with E-state index in [1.54, 1.807) is 7.11 Å². The molecule has 1 aromatic heterocycles. The highest BCUT2D eigenvalue weighted by Crippen LogP contribution is 2.31. The summed E-state index contributed by atoms with van der Waals surface area (Å²) in [6, 6.07) is 20.0. The van der Waals surface area contributed by atoms with Crippen molar-refractivity contribution in [2.45, 2.75) is 37.5 Å². The molecule has 0 saturated heterocycles. The lowest BCUT2D eigenvalue weighted by Crippen LogP contribution is -2.20. The molecule has 0 unspecified atom stereocenters. The van der Waals surface area contributed by atoms with Crippen LogP contribution in [0.1, 0.15) is 37.5 Å². The van der Waals surface area contributed by atoms with E-state index in [-0.39, 0.29) is 11.2 Å². The van der Waals surface area contributed by atoms with E-state index in [0.717, 1.165) is 23.4 Å². The van der Waals surface area contributed by atoms with Gasteiger partial charge in [-0.15, -0.1) is 10.2 Å². The Balaban J connectivity index is 1.50. The summed E-state index contributed by atoms with van der Waals surface area (Å²) in [6.45, 7) is 6.44. The van der Waals surface area contributed by atoms with Gasteiger partial charge in [0.1, 0.15) is 5.75 Å². The van der Waals surface area contributed by atoms with Gasteiger partial charge in [0.25, 0.3) is 5.91 Å². The molecule has 0 aliphatic heterocycles. The number of methoxy groups -OCH3 is 1. The highest BCUT2D eigenvalue weighted by molar-refractivity contribution is 7.99. The first kappa shape index (κ1) is 28.9. The molecule has 4 aromatic rings. The predicted molar refractivity (Wildman–Crippen MR) is 150 cm³/mol. The van der Waals surface area contributed by atoms with Crippen LogP contribution in [-0.2, 0) is 16.4 Å². The van der Waals surface area contributed by atoms with E-state index < -0.39 is 17.6 Å². The molecule has 0 aliphatic carbocycles. The number of hydrogen-bond acceptors (Lipinski definition) is 6. The van der Waals surface area contributed by atoms with Crippen molar-refractivity contribution in [1.29, 1.82) is 0 Å². The first-order valence-electron chi connectivity index (χ1n) is 12.3. The lowest BCUT2D eigenvalue weighted by Gasteiger charge is -2.19. The molecule has 0 saturated carbocycles. The summed E-state index contributed by atoms with van der Waals surface area (Å²) in [6.07, 6.45) is -3.13. The van der Waals surface area contributed by atoms with Gasteiger partial charge < -0.3 is 4.74 Å². The van der Waals surface area contributed by atoms with Gasteiger partial charge in [-0.1, -0.05) is 68.9 Å². The minimum atomic E-state index is -4.41. The number of ether oxygens (including phenoxy) is 1. The van der Waals surface area contributed by atoms with E-state index in [1.807, 2.05) is 41.0 Å². The number of carbonyl (C=O) groups excluding carboxylic acids is 1. The quantitative estimate of drug-likeness (QED) is 0.149. The average molecular weight is 568 g/mol. The summed E-state index contributed by atoms with van der Waals surface area (Å²) >= 11 is 1.18. The molecule has 1 amide bonds. The first-order chi connectivity index (χ1) is 19.0. The summed E-state index contributed by atoms with van der Waals surface area (Å²) in [5.41, 5.74) is 4.92. The maximum absolute atomic E-state index is 12.7. The second-order valence-corrected chi connectivity index (χ2v) is 10.8. The van der Waals surface area contributed by atoms with Crippen LogP contribution in [0, 0.1) is 0 Å². The Morgan fingerprint density at radius 2 is 1.57 bits per heavy atom. The van der Waals surface area contributed by atoms with E-state index in [2.05, 4.69) is 53.6 Å². The number of nitrogens with one attached hydrogen (secondary N) is 1. The minimum Gasteiger partial charge on any atom is -0.497 e. The average Bonchev–Trinajstić information content (AvgIpc) is 3.35. The number of amides is 1. The molecule has 11 heteroatoms. The Hall–Kier alpha value is -4.12. The third kappa shape index (κ3) is 7.09. The first-order valence-corrected chi connectivity index (χ1v) is 13.3. The number of aromatic nitrogens is 3. The van der Waals surface area contributed by atoms with Crippen molar-refractivity contribution in [3.63, 3.8) is 0 Å². The number of hydrogen-bond donors (Lipinski definition) is 1. The molecule has 0 atom stereocenters. The highest BCUT2D eigenvalue weighted by atomic mass is 32.2. The van der Waals surface area contributed by atoms with Crippen LogP contribution in [0.2, 0.25) is 0 Å². The number of alkyl halides is 3. The summed E-state index contributed by atoms with van der Waals surface area (Å²) in [4.78, 5) is 12.5. The molecule has 0 spiro atoms. The Morgan fingerprint density at radius 1 is 0.950 bits per heavy atom. The third-order valence-corrected chi connectivity index (χ3v) is 6.88. The number of hydrazone groups is 1. The van der Waals surface area contributed by atoms with Crippen molar-refractivity contribution >= 4 is 23.9 Å². The summed E-state index contributed by atoms with van der Waals surface area (Å²) < 4.78 is 45.3. The smallest absolute Gasteiger partial charge is 0.416 e. The third-order valence-electron chi connectivity index (χ3n) is 5.95. The normalized spacial score (nSPS) is 12.1. The molecule has 40 heavy (non-hydrogen) atoms. The summed E-state index contributed by atoms with van der Waals surface area (Å²) in [7, 11) is 1.59. The van der Waals surface area contributed by atoms with Crippen molar-refractivity contribution < 1.29 is 22.7 Å². The van der Waals surface area contributed by atoms with E-state index in [0.29, 0.717) is 22.3 Å². The van der Waals surface area contributed by atoms with Gasteiger partial charge in [0, 0.05) is 11.3 Å². The van der Waals surface area contributed by atoms with Gasteiger partial charge in [0.2, 0.25) is 0 Å². The predicted octanol–water partition coefficient (Wildman–Crippen LogP) is 6.50. The van der Waals surface area contributed by atoms with Crippen LogP contribution < -0.4 is 10.2 Å². The van der Waals surface area contributed by atoms with Gasteiger partial charge in [-0.05, 0) is 52.9 Å². The van der Waals surface area contributed by atoms with Crippen LogP contribution in [0.5, 0.6) is 5.75 Å². The number of rotatable bonds is 8. The summed E-state index contributed by atoms with van der Waals surface area (Å²) in [5, 5.41) is 13.1. The number of thioether (sulfide) groups is 1. The Bertz CT molecular complexity index is 1470. The molecule has 1 N–H and O–H groups in total. The minimum absolute atomic E-state index is 0.00552. The van der Waals surface area contributed by atoms with Crippen LogP contribution in [0.4, 0.5) is 13.2 Å². The second-order valence-electron chi connectivity index (χ2n) is 9.87. The molecular formula is C29H28F3N5O2S. The maximum atomic E-state index is 12.7. The Labute approximate surface area is 234 Å². The molecule has 208 valence electrons. The van der Waals surface area contributed by atoms with Gasteiger partial charge in [-0.2, -0.15) is 18.3 Å². The van der Waals surface area contributed by atoms with Gasteiger partial charge >= 0.3 is 6.18 Å². The summed E-state index contributed by atoms with van der Waals surface area (Å²) in [5.74, 6) is 0.900. The number of halogens is 3. The molecule has 1 heterocycles. The van der Waals surface area contributed by atoms with Gasteiger partial charge in [0.05, 0.1) is 24.6 Å². The zero-order valence-electron chi connectivity index (χ0n) is 22.4. The topological polar surface area (TPSA) is 81.4 Å². The van der Waals surface area contributed by atoms with Crippen LogP contribution in [0.15, 0.2) is 83.1 Å². The molecular weight excluding hydrogens is 539 g/mol. The zero-order valence-corrected chi connectivity index (χ0v) is 23.2. The second kappa shape index (κ2) is 12.0. The van der Waals surface area contributed by atoms with Crippen LogP contribution in [-0.4, -0.2) is 39.7 Å². The van der Waals surface area contributed by atoms with Gasteiger partial charge in [-0.3, -0.25) is 9.36 Å². The fourth-order valence-corrected chi connectivity index (χ4v) is 4.48. The van der Waals surface area contributed by atoms with Crippen molar-refractivity contribution in [3.05, 3.63) is 89.5 Å². The number of nitrogens with zero attached hydrogens (tertiary/aromatic N) is 4. The van der Waals surface area contributed by atoms with E-state index in [4.69, 9.17) is 4.74 Å². The molecule has 0 aliphatic rings. The lowest BCUT2D eigenvalue weighted by molar-refractivity contribution is -0.137. The highest BCUT2D eigenvalue weighted by Gasteiger charge is 2.29. The molecule has 3 aromatic carbocycles. The molecule has 0 fully saturated rings. The molecule has 0 bridgehead atoms. The maximum Gasteiger partial charge on any atom is 0.416 e. The van der Waals surface area contributed by atoms with Crippen molar-refractivity contribution in [2.75, 3.05) is 12.9 Å². The molecule has 0 radical (unpaired) electrons. The number of carbonyl (C=O) groups is 1. The Morgan fingerprint density at radius 3 is 2.15 bits per heavy atom. The zero-order chi connectivity index (χ0) is 28.9. The largest absolute Gasteiger partial charge is 0.497 e. The van der Waals surface area contributed by atoms with E-state index in [9.17, 15) is 18.0 Å². The molecule has 4 rings (SSSR count). The van der Waals surface area contributed by atoms with Crippen LogP contribution >= 0.6 is 11.8 Å². The van der Waals surface area contributed by atoms with Gasteiger partial charge in [0.15, 0.2) is 11.0 Å². The van der Waals surface area contributed by atoms with E-state index in [1.165, 1.54) is 35.7 Å². The monoisotopic (exact) mass is 567 g/mol. The lowest BCUT2D eigenvalue weighted by atomic mass is 9.87. The van der Waals surface area contributed by atoms with Gasteiger partial charge in [-0.25, -0.2) is 5.43 Å². The van der Waals surface area contributed by atoms with Crippen molar-refractivity contribution in [3.8, 4) is 22.8 Å². The van der Waals surface area contributed by atoms with Crippen molar-refractivity contribution in [2.24, 2.45) is 5.10 Å². The van der Waals surface area contributed by atoms with E-state index >= 15 is 0 Å². The SMILES string of the molecule is COc1ccc(-n2c(SCC(=O)N/N=C\c3ccc(C(F)(F)F)cc3)nnc2-c2ccc(C(C)(C)C)cc2)cc1. The fourth-order valence-electron chi connectivity index (χ4n) is 3.73. The fraction of sp³-hybridized carbons (Fsp3) is 0.241. The Kier molecular flexibility index (Phi) is 8.63. The molecule has 7 nitrogen and oxygen atoms in total. The standard InChI is InChI=1S/C29H28F3N5O2S/c1-28(2,3)21-11-7-20(8-12-21)26-35-36-27(37(26)23-13-15-24(39-4)16-14-23)40-18-25(38)34-33-17-19-5-9-22(10-6-19)29(30,31)32/h5-17H,18H2,1-4H3,(H,34,38)/b33-17-.